The molecule has 4 aromatic rings. The fraction of sp³-hybridized carbons (Fsp3) is 0.120. The molecule has 0 radical (unpaired) electrons. The second kappa shape index (κ2) is 8.85. The number of ether oxygens (including phenoxy) is 2. The highest BCUT2D eigenvalue weighted by molar-refractivity contribution is 6.16. The fourth-order valence-electron chi connectivity index (χ4n) is 3.58. The molecule has 0 unspecified atom stereocenters. The van der Waals surface area contributed by atoms with E-state index in [4.69, 9.17) is 9.47 Å². The van der Waals surface area contributed by atoms with Crippen LogP contribution >= 0.6 is 0 Å². The van der Waals surface area contributed by atoms with Crippen LogP contribution in [0.5, 0.6) is 11.5 Å². The Morgan fingerprint density at radius 1 is 1.09 bits per heavy atom. The van der Waals surface area contributed by atoms with E-state index in [0.29, 0.717) is 28.9 Å². The van der Waals surface area contributed by atoms with Crippen LogP contribution < -0.4 is 4.74 Å². The van der Waals surface area contributed by atoms with E-state index in [9.17, 15) is 20.0 Å². The predicted molar refractivity (Wildman–Crippen MR) is 119 cm³/mol. The van der Waals surface area contributed by atoms with Gasteiger partial charge in [0.1, 0.15) is 23.2 Å². The van der Waals surface area contributed by atoms with Gasteiger partial charge in [-0.1, -0.05) is 24.3 Å². The van der Waals surface area contributed by atoms with Crippen molar-refractivity contribution in [3.05, 3.63) is 88.7 Å². The summed E-state index contributed by atoms with van der Waals surface area (Å²) in [6.45, 7) is 0.378. The van der Waals surface area contributed by atoms with Gasteiger partial charge in [0, 0.05) is 18.1 Å². The van der Waals surface area contributed by atoms with Crippen LogP contribution in [-0.4, -0.2) is 40.6 Å². The molecule has 0 saturated carbocycles. The van der Waals surface area contributed by atoms with Crippen molar-refractivity contribution < 1.29 is 24.2 Å². The molecule has 33 heavy (non-hydrogen) atoms. The fourth-order valence-corrected chi connectivity index (χ4v) is 3.58. The summed E-state index contributed by atoms with van der Waals surface area (Å²) in [6.07, 6.45) is 1.62. The number of phenols is 1. The van der Waals surface area contributed by atoms with Crippen molar-refractivity contribution in [1.82, 2.24) is 9.55 Å². The van der Waals surface area contributed by atoms with Crippen molar-refractivity contribution in [3.63, 3.8) is 0 Å². The molecule has 4 rings (SSSR count). The normalized spacial score (nSPS) is 10.6. The van der Waals surface area contributed by atoms with Gasteiger partial charge < -0.3 is 19.1 Å². The number of rotatable bonds is 6. The van der Waals surface area contributed by atoms with Crippen molar-refractivity contribution in [2.75, 3.05) is 14.2 Å². The molecule has 0 saturated heterocycles. The quantitative estimate of drug-likeness (QED) is 0.358. The second-order valence-electron chi connectivity index (χ2n) is 7.22. The van der Waals surface area contributed by atoms with Gasteiger partial charge in [-0.2, -0.15) is 5.26 Å². The summed E-state index contributed by atoms with van der Waals surface area (Å²) in [5, 5.41) is 20.2. The van der Waals surface area contributed by atoms with E-state index < -0.39 is 11.8 Å². The Morgan fingerprint density at radius 2 is 1.82 bits per heavy atom. The summed E-state index contributed by atoms with van der Waals surface area (Å²) in [7, 11) is 2.78. The lowest BCUT2D eigenvalue weighted by Crippen LogP contribution is -2.15. The maximum Gasteiger partial charge on any atom is 0.357 e. The highest BCUT2D eigenvalue weighted by Crippen LogP contribution is 2.28. The third-order valence-corrected chi connectivity index (χ3v) is 5.25. The molecule has 2 aromatic carbocycles. The van der Waals surface area contributed by atoms with E-state index in [-0.39, 0.29) is 22.6 Å². The van der Waals surface area contributed by atoms with E-state index in [2.05, 4.69) is 11.1 Å². The van der Waals surface area contributed by atoms with E-state index in [1.54, 1.807) is 30.0 Å². The summed E-state index contributed by atoms with van der Waals surface area (Å²) in [5.74, 6) is -0.913. The first-order valence-corrected chi connectivity index (χ1v) is 9.94. The number of para-hydroxylation sites is 1. The third kappa shape index (κ3) is 4.00. The van der Waals surface area contributed by atoms with Gasteiger partial charge in [0.25, 0.3) is 0 Å². The first-order valence-electron chi connectivity index (χ1n) is 9.94. The lowest BCUT2D eigenvalue weighted by atomic mass is 9.99. The second-order valence-corrected chi connectivity index (χ2v) is 7.22. The van der Waals surface area contributed by atoms with Gasteiger partial charge in [-0.25, -0.2) is 9.78 Å². The zero-order valence-electron chi connectivity index (χ0n) is 17.9. The molecular formula is C25H19N3O5. The van der Waals surface area contributed by atoms with Crippen molar-refractivity contribution in [3.8, 4) is 17.6 Å². The molecule has 0 amide bonds. The zero-order valence-corrected chi connectivity index (χ0v) is 17.9. The van der Waals surface area contributed by atoms with Gasteiger partial charge in [0.15, 0.2) is 11.5 Å². The Balaban J connectivity index is 1.88. The predicted octanol–water partition coefficient (Wildman–Crippen LogP) is 3.69. The molecule has 8 nitrogen and oxygen atoms in total. The largest absolute Gasteiger partial charge is 0.507 e. The Hall–Kier alpha value is -4.64. The molecule has 0 bridgehead atoms. The standard InChI is InChI=1S/C25H19N3O5/c1-32-17-9-7-15(8-10-17)13-28-14-16(12-26)19-11-20(22(25(31)33-2)27-24(19)28)23(30)18-5-3-4-6-21(18)29/h3-11,14,29H,13H2,1-2H3. The van der Waals surface area contributed by atoms with Crippen molar-refractivity contribution >= 4 is 22.8 Å². The van der Waals surface area contributed by atoms with Crippen LogP contribution in [0, 0.1) is 11.3 Å². The maximum atomic E-state index is 13.2. The summed E-state index contributed by atoms with van der Waals surface area (Å²) >= 11 is 0. The van der Waals surface area contributed by atoms with Gasteiger partial charge in [-0.15, -0.1) is 0 Å². The molecule has 2 heterocycles. The van der Waals surface area contributed by atoms with Gasteiger partial charge >= 0.3 is 5.97 Å². The molecule has 0 atom stereocenters. The number of benzene rings is 2. The molecular weight excluding hydrogens is 422 g/mol. The Morgan fingerprint density at radius 3 is 2.45 bits per heavy atom. The van der Waals surface area contributed by atoms with E-state index in [0.717, 1.165) is 5.56 Å². The lowest BCUT2D eigenvalue weighted by molar-refractivity contribution is 0.0591. The number of esters is 1. The van der Waals surface area contributed by atoms with Gasteiger partial charge in [0.2, 0.25) is 0 Å². The number of nitrogens with zero attached hydrogens (tertiary/aromatic N) is 3. The average molecular weight is 441 g/mol. The molecule has 0 aliphatic carbocycles. The van der Waals surface area contributed by atoms with Crippen molar-refractivity contribution in [2.24, 2.45) is 0 Å². The minimum atomic E-state index is -0.800. The summed E-state index contributed by atoms with van der Waals surface area (Å²) in [6, 6.07) is 17.0. The number of methoxy groups -OCH3 is 2. The van der Waals surface area contributed by atoms with Gasteiger partial charge in [0.05, 0.1) is 30.9 Å². The Labute approximate surface area is 189 Å². The van der Waals surface area contributed by atoms with Crippen LogP contribution in [0.15, 0.2) is 60.8 Å². The highest BCUT2D eigenvalue weighted by atomic mass is 16.5. The minimum Gasteiger partial charge on any atom is -0.507 e. The van der Waals surface area contributed by atoms with E-state index in [1.165, 1.54) is 25.3 Å². The number of fused-ring (bicyclic) bond motifs is 1. The van der Waals surface area contributed by atoms with Gasteiger partial charge in [-0.05, 0) is 35.9 Å². The molecule has 164 valence electrons. The summed E-state index contributed by atoms with van der Waals surface area (Å²) in [4.78, 5) is 30.2. The van der Waals surface area contributed by atoms with Crippen LogP contribution in [0.2, 0.25) is 0 Å². The molecule has 0 aliphatic rings. The molecule has 2 aromatic heterocycles. The zero-order chi connectivity index (χ0) is 23.5. The number of aromatic nitrogens is 2. The SMILES string of the molecule is COC(=O)c1nc2c(cc1C(=O)c1ccccc1O)c(C#N)cn2Cc1ccc(OC)cc1. The van der Waals surface area contributed by atoms with Crippen molar-refractivity contribution in [2.45, 2.75) is 6.54 Å². The topological polar surface area (TPSA) is 114 Å². The van der Waals surface area contributed by atoms with Crippen LogP contribution in [-0.2, 0) is 11.3 Å². The number of ketones is 1. The van der Waals surface area contributed by atoms with Crippen molar-refractivity contribution in [1.29, 1.82) is 5.26 Å². The molecule has 0 aliphatic heterocycles. The lowest BCUT2D eigenvalue weighted by Gasteiger charge is -2.10. The number of pyridine rings is 1. The number of hydrogen-bond donors (Lipinski definition) is 1. The Bertz CT molecular complexity index is 1410. The number of aromatic hydroxyl groups is 1. The van der Waals surface area contributed by atoms with Crippen LogP contribution in [0.3, 0.4) is 0 Å². The van der Waals surface area contributed by atoms with Crippen LogP contribution in [0.1, 0.15) is 37.5 Å². The number of nitriles is 1. The molecule has 1 N–H and O–H groups in total. The number of carbonyl (C=O) groups is 2. The van der Waals surface area contributed by atoms with Crippen LogP contribution in [0.4, 0.5) is 0 Å². The van der Waals surface area contributed by atoms with Crippen LogP contribution in [0.25, 0.3) is 11.0 Å². The summed E-state index contributed by atoms with van der Waals surface area (Å²) in [5.41, 5.74) is 1.34. The molecule has 0 spiro atoms. The minimum absolute atomic E-state index is 0.0139. The van der Waals surface area contributed by atoms with Gasteiger partial charge in [-0.3, -0.25) is 4.79 Å². The number of carbonyl (C=O) groups excluding carboxylic acids is 2. The third-order valence-electron chi connectivity index (χ3n) is 5.25. The highest BCUT2D eigenvalue weighted by Gasteiger charge is 2.25. The first-order chi connectivity index (χ1) is 16.0. The number of hydrogen-bond acceptors (Lipinski definition) is 7. The maximum absolute atomic E-state index is 13.2. The molecule has 8 heteroatoms. The average Bonchev–Trinajstić information content (AvgIpc) is 3.19. The summed E-state index contributed by atoms with van der Waals surface area (Å²) < 4.78 is 11.8. The Kier molecular flexibility index (Phi) is 5.79. The van der Waals surface area contributed by atoms with E-state index >= 15 is 0 Å². The first kappa shape index (κ1) is 21.6. The smallest absolute Gasteiger partial charge is 0.357 e. The molecule has 0 fully saturated rings. The monoisotopic (exact) mass is 441 g/mol. The van der Waals surface area contributed by atoms with E-state index in [1.807, 2.05) is 24.3 Å². The number of phenolic OH excluding ortho intramolecular Hbond substituents is 1.